The van der Waals surface area contributed by atoms with Crippen LogP contribution in [-0.2, 0) is 17.9 Å². The van der Waals surface area contributed by atoms with Gasteiger partial charge in [-0.05, 0) is 30.5 Å². The second-order valence-electron chi connectivity index (χ2n) is 4.61. The molecule has 0 aromatic heterocycles. The lowest BCUT2D eigenvalue weighted by molar-refractivity contribution is -0.133. The van der Waals surface area contributed by atoms with Gasteiger partial charge in [0.25, 0.3) is 0 Å². The highest BCUT2D eigenvalue weighted by molar-refractivity contribution is 5.85. The molecule has 1 aromatic carbocycles. The van der Waals surface area contributed by atoms with Crippen LogP contribution in [0.2, 0.25) is 0 Å². The highest BCUT2D eigenvalue weighted by Gasteiger charge is 2.30. The lowest BCUT2D eigenvalue weighted by atomic mass is 10.1. The van der Waals surface area contributed by atoms with Crippen molar-refractivity contribution in [1.29, 1.82) is 0 Å². The summed E-state index contributed by atoms with van der Waals surface area (Å²) in [6.45, 7) is 2.55. The maximum Gasteiger partial charge on any atom is 0.240 e. The van der Waals surface area contributed by atoms with Gasteiger partial charge in [0.15, 0.2) is 0 Å². The molecule has 2 aliphatic rings. The molecule has 4 heteroatoms. The van der Waals surface area contributed by atoms with Crippen molar-refractivity contribution in [2.75, 3.05) is 6.54 Å². The molecule has 3 rings (SSSR count). The van der Waals surface area contributed by atoms with Crippen LogP contribution < -0.4 is 5.32 Å². The second kappa shape index (κ2) is 5.07. The number of carbonyl (C=O) groups is 1. The number of hydrogen-bond acceptors (Lipinski definition) is 2. The van der Waals surface area contributed by atoms with Gasteiger partial charge in [0.1, 0.15) is 0 Å². The van der Waals surface area contributed by atoms with Gasteiger partial charge < -0.3 is 10.2 Å². The smallest absolute Gasteiger partial charge is 0.240 e. The Morgan fingerprint density at radius 1 is 1.24 bits per heavy atom. The van der Waals surface area contributed by atoms with Crippen LogP contribution in [-0.4, -0.2) is 23.4 Å². The van der Waals surface area contributed by atoms with E-state index in [9.17, 15) is 4.79 Å². The summed E-state index contributed by atoms with van der Waals surface area (Å²) in [5, 5.41) is 3.27. The molecule has 1 atom stereocenters. The van der Waals surface area contributed by atoms with Gasteiger partial charge in [0, 0.05) is 13.1 Å². The average molecular weight is 253 g/mol. The maximum atomic E-state index is 12.2. The predicted octanol–water partition coefficient (Wildman–Crippen LogP) is 1.70. The van der Waals surface area contributed by atoms with Crippen LogP contribution in [0, 0.1) is 0 Å². The maximum absolute atomic E-state index is 12.2. The summed E-state index contributed by atoms with van der Waals surface area (Å²) < 4.78 is 0. The van der Waals surface area contributed by atoms with E-state index in [-0.39, 0.29) is 24.4 Å². The lowest BCUT2D eigenvalue weighted by Gasteiger charge is -2.19. The molecule has 1 amide bonds. The molecule has 0 radical (unpaired) electrons. The third kappa shape index (κ3) is 2.31. The fourth-order valence-electron chi connectivity index (χ4n) is 2.60. The van der Waals surface area contributed by atoms with Gasteiger partial charge >= 0.3 is 0 Å². The summed E-state index contributed by atoms with van der Waals surface area (Å²) in [7, 11) is 0. The van der Waals surface area contributed by atoms with E-state index in [2.05, 4.69) is 17.4 Å². The average Bonchev–Trinajstić information content (AvgIpc) is 2.97. The number of nitrogens with one attached hydrogen (secondary N) is 1. The van der Waals surface area contributed by atoms with Crippen LogP contribution in [0.4, 0.5) is 0 Å². The van der Waals surface area contributed by atoms with Gasteiger partial charge in [0.05, 0.1) is 6.04 Å². The summed E-state index contributed by atoms with van der Waals surface area (Å²) in [4.78, 5) is 14.1. The number of benzene rings is 1. The van der Waals surface area contributed by atoms with E-state index in [0.717, 1.165) is 32.5 Å². The zero-order valence-electron chi connectivity index (χ0n) is 9.69. The number of nitrogens with zero attached hydrogens (tertiary/aromatic N) is 1. The molecule has 2 aliphatic heterocycles. The Morgan fingerprint density at radius 3 is 2.41 bits per heavy atom. The van der Waals surface area contributed by atoms with Gasteiger partial charge in [-0.2, -0.15) is 0 Å². The Morgan fingerprint density at radius 2 is 1.88 bits per heavy atom. The number of hydrogen-bond donors (Lipinski definition) is 1. The zero-order valence-corrected chi connectivity index (χ0v) is 10.5. The molecule has 0 saturated carbocycles. The first kappa shape index (κ1) is 12.4. The third-order valence-electron chi connectivity index (χ3n) is 3.51. The zero-order chi connectivity index (χ0) is 11.0. The molecular weight excluding hydrogens is 236 g/mol. The van der Waals surface area contributed by atoms with Crippen molar-refractivity contribution < 1.29 is 4.79 Å². The van der Waals surface area contributed by atoms with Gasteiger partial charge in [-0.3, -0.25) is 4.79 Å². The van der Waals surface area contributed by atoms with Crippen molar-refractivity contribution in [2.24, 2.45) is 0 Å². The van der Waals surface area contributed by atoms with Crippen molar-refractivity contribution in [1.82, 2.24) is 10.2 Å². The van der Waals surface area contributed by atoms with E-state index in [1.54, 1.807) is 0 Å². The van der Waals surface area contributed by atoms with Crippen molar-refractivity contribution in [3.05, 3.63) is 35.4 Å². The molecule has 1 aromatic rings. The number of rotatable bonds is 1. The van der Waals surface area contributed by atoms with E-state index in [1.807, 2.05) is 17.0 Å². The fraction of sp³-hybridized carbons (Fsp3) is 0.462. The fourth-order valence-corrected chi connectivity index (χ4v) is 2.60. The Hall–Kier alpha value is -1.06. The van der Waals surface area contributed by atoms with E-state index in [4.69, 9.17) is 0 Å². The van der Waals surface area contributed by atoms with Gasteiger partial charge in [-0.25, -0.2) is 0 Å². The quantitative estimate of drug-likeness (QED) is 0.825. The van der Waals surface area contributed by atoms with E-state index >= 15 is 0 Å². The van der Waals surface area contributed by atoms with Crippen molar-refractivity contribution in [3.63, 3.8) is 0 Å². The largest absolute Gasteiger partial charge is 0.333 e. The second-order valence-corrected chi connectivity index (χ2v) is 4.61. The monoisotopic (exact) mass is 252 g/mol. The molecule has 0 aliphatic carbocycles. The molecule has 17 heavy (non-hydrogen) atoms. The van der Waals surface area contributed by atoms with Gasteiger partial charge in [-0.15, -0.1) is 12.4 Å². The standard InChI is InChI=1S/C13H16N2O.ClH/c16-13(12-6-3-7-14-12)15-8-10-4-1-2-5-11(10)9-15;/h1-2,4-5,12,14H,3,6-9H2;1H/t12-;/m0./s1. The topological polar surface area (TPSA) is 32.3 Å². The molecule has 1 saturated heterocycles. The van der Waals surface area contributed by atoms with Gasteiger partial charge in [0.2, 0.25) is 5.91 Å². The summed E-state index contributed by atoms with van der Waals surface area (Å²) >= 11 is 0. The van der Waals surface area contributed by atoms with Crippen molar-refractivity contribution >= 4 is 18.3 Å². The molecule has 2 heterocycles. The SMILES string of the molecule is Cl.O=C([C@@H]1CCCN1)N1Cc2ccccc2C1. The lowest BCUT2D eigenvalue weighted by Crippen LogP contribution is -2.40. The first-order chi connectivity index (χ1) is 7.84. The first-order valence-electron chi connectivity index (χ1n) is 5.93. The number of halogens is 1. The van der Waals surface area contributed by atoms with Crippen molar-refractivity contribution in [3.8, 4) is 0 Å². The van der Waals surface area contributed by atoms with Crippen LogP contribution >= 0.6 is 12.4 Å². The summed E-state index contributed by atoms with van der Waals surface area (Å²) in [5.41, 5.74) is 2.60. The Bertz CT molecular complexity index is 391. The minimum Gasteiger partial charge on any atom is -0.333 e. The highest BCUT2D eigenvalue weighted by Crippen LogP contribution is 2.23. The Kier molecular flexibility index (Phi) is 3.69. The molecule has 0 unspecified atom stereocenters. The van der Waals surface area contributed by atoms with Crippen molar-refractivity contribution in [2.45, 2.75) is 32.0 Å². The highest BCUT2D eigenvalue weighted by atomic mass is 35.5. The Labute approximate surface area is 108 Å². The normalized spacial score (nSPS) is 22.1. The number of carbonyl (C=O) groups excluding carboxylic acids is 1. The molecular formula is C13H17ClN2O. The van der Waals surface area contributed by atoms with Gasteiger partial charge in [-0.1, -0.05) is 24.3 Å². The summed E-state index contributed by atoms with van der Waals surface area (Å²) in [6, 6.07) is 8.38. The molecule has 0 bridgehead atoms. The number of fused-ring (bicyclic) bond motifs is 1. The molecule has 92 valence electrons. The number of amides is 1. The van der Waals surface area contributed by atoms with E-state index in [1.165, 1.54) is 11.1 Å². The van der Waals surface area contributed by atoms with Crippen LogP contribution in [0.5, 0.6) is 0 Å². The molecule has 3 nitrogen and oxygen atoms in total. The minimum absolute atomic E-state index is 0. The van der Waals surface area contributed by atoms with Crippen LogP contribution in [0.1, 0.15) is 24.0 Å². The van der Waals surface area contributed by atoms with E-state index < -0.39 is 0 Å². The van der Waals surface area contributed by atoms with Crippen LogP contribution in [0.3, 0.4) is 0 Å². The molecule has 1 fully saturated rings. The first-order valence-corrected chi connectivity index (χ1v) is 5.93. The molecule has 0 spiro atoms. The predicted molar refractivity (Wildman–Crippen MR) is 69.0 cm³/mol. The molecule has 1 N–H and O–H groups in total. The van der Waals surface area contributed by atoms with Crippen LogP contribution in [0.25, 0.3) is 0 Å². The third-order valence-corrected chi connectivity index (χ3v) is 3.51. The van der Waals surface area contributed by atoms with E-state index in [0.29, 0.717) is 0 Å². The summed E-state index contributed by atoms with van der Waals surface area (Å²) in [5.74, 6) is 0.272. The van der Waals surface area contributed by atoms with Crippen LogP contribution in [0.15, 0.2) is 24.3 Å². The Balaban J connectivity index is 0.00000108. The minimum atomic E-state index is 0. The summed E-state index contributed by atoms with van der Waals surface area (Å²) in [6.07, 6.45) is 2.11.